The first-order chi connectivity index (χ1) is 12.0. The van der Waals surface area contributed by atoms with E-state index < -0.39 is 35.8 Å². The number of anilines is 2. The van der Waals surface area contributed by atoms with Gasteiger partial charge in [-0.25, -0.2) is 8.42 Å². The SMILES string of the molecule is O=S(=O)([O-])c1cccc(Nc2ccc3cc(S(=O)(=O)O)cc([O-])c3c2)c1.[Na+].[Na+]. The third-order valence-electron chi connectivity index (χ3n) is 3.60. The summed E-state index contributed by atoms with van der Waals surface area (Å²) in [4.78, 5) is -0.894. The molecule has 0 aliphatic rings. The van der Waals surface area contributed by atoms with Gasteiger partial charge < -0.3 is 15.0 Å². The molecule has 0 aliphatic carbocycles. The number of hydrogen-bond acceptors (Lipinski definition) is 7. The van der Waals surface area contributed by atoms with Gasteiger partial charge in [-0.05, 0) is 53.2 Å². The minimum Gasteiger partial charge on any atom is -0.872 e. The van der Waals surface area contributed by atoms with E-state index in [4.69, 9.17) is 4.55 Å². The molecule has 3 aromatic carbocycles. The Morgan fingerprint density at radius 2 is 1.46 bits per heavy atom. The van der Waals surface area contributed by atoms with Crippen LogP contribution in [0.2, 0.25) is 0 Å². The fraction of sp³-hybridized carbons (Fsp3) is 0. The van der Waals surface area contributed by atoms with Gasteiger partial charge >= 0.3 is 59.1 Å². The molecule has 0 bridgehead atoms. The summed E-state index contributed by atoms with van der Waals surface area (Å²) in [5.74, 6) is -0.602. The summed E-state index contributed by atoms with van der Waals surface area (Å²) in [6.07, 6.45) is 0. The summed E-state index contributed by atoms with van der Waals surface area (Å²) in [6.45, 7) is 0. The van der Waals surface area contributed by atoms with E-state index in [2.05, 4.69) is 5.32 Å². The molecule has 28 heavy (non-hydrogen) atoms. The van der Waals surface area contributed by atoms with Crippen molar-refractivity contribution >= 4 is 42.4 Å². The van der Waals surface area contributed by atoms with E-state index in [1.54, 1.807) is 6.07 Å². The van der Waals surface area contributed by atoms with Crippen LogP contribution in [0.25, 0.3) is 10.8 Å². The Kier molecular flexibility index (Phi) is 8.55. The second-order valence-corrected chi connectivity index (χ2v) is 8.24. The van der Waals surface area contributed by atoms with Crippen LogP contribution in [0, 0.1) is 0 Å². The third-order valence-corrected chi connectivity index (χ3v) is 5.26. The van der Waals surface area contributed by atoms with Gasteiger partial charge in [0.15, 0.2) is 0 Å². The van der Waals surface area contributed by atoms with Crippen LogP contribution < -0.4 is 69.5 Å². The standard InChI is InChI=1S/C16H13NO7S2.2Na/c18-16-9-14(26(22,23)24)6-10-4-5-12(8-15(10)16)17-11-2-1-3-13(7-11)25(19,20)21;;/h1-9,17-18H,(H,19,20,21)(H,22,23,24);;/q;2*+1/p-2. The molecule has 0 heterocycles. The summed E-state index contributed by atoms with van der Waals surface area (Å²) in [5.41, 5.74) is 0.748. The van der Waals surface area contributed by atoms with Crippen LogP contribution in [0.15, 0.2) is 64.4 Å². The van der Waals surface area contributed by atoms with Crippen molar-refractivity contribution in [3.8, 4) is 5.75 Å². The fourth-order valence-corrected chi connectivity index (χ4v) is 3.47. The maximum atomic E-state index is 12.1. The molecule has 0 saturated heterocycles. The molecule has 0 spiro atoms. The first-order valence-corrected chi connectivity index (χ1v) is 9.94. The molecule has 0 saturated carbocycles. The molecule has 2 N–H and O–H groups in total. The zero-order chi connectivity index (χ0) is 19.1. The maximum absolute atomic E-state index is 12.1. The molecule has 0 aliphatic heterocycles. The number of fused-ring (bicyclic) bond motifs is 1. The summed E-state index contributed by atoms with van der Waals surface area (Å²) >= 11 is 0. The van der Waals surface area contributed by atoms with Gasteiger partial charge in [-0.15, -0.1) is 0 Å². The second kappa shape index (κ2) is 9.43. The van der Waals surface area contributed by atoms with Gasteiger partial charge in [-0.3, -0.25) is 4.55 Å². The van der Waals surface area contributed by atoms with Crippen LogP contribution in [0.4, 0.5) is 11.4 Å². The van der Waals surface area contributed by atoms with Crippen LogP contribution in [0.3, 0.4) is 0 Å². The summed E-state index contributed by atoms with van der Waals surface area (Å²) in [7, 11) is -9.09. The normalized spacial score (nSPS) is 11.4. The zero-order valence-electron chi connectivity index (χ0n) is 14.9. The Morgan fingerprint density at radius 3 is 2.07 bits per heavy atom. The van der Waals surface area contributed by atoms with Crippen molar-refractivity contribution in [3.63, 3.8) is 0 Å². The monoisotopic (exact) mass is 439 g/mol. The molecule has 3 aromatic rings. The smallest absolute Gasteiger partial charge is 0.872 e. The van der Waals surface area contributed by atoms with E-state index in [0.717, 1.165) is 12.1 Å². The predicted octanol–water partition coefficient (Wildman–Crippen LogP) is -4.18. The first-order valence-electron chi connectivity index (χ1n) is 7.09. The summed E-state index contributed by atoms with van der Waals surface area (Å²) in [5, 5.41) is 15.5. The number of rotatable bonds is 4. The van der Waals surface area contributed by atoms with E-state index in [1.807, 2.05) is 0 Å². The summed E-state index contributed by atoms with van der Waals surface area (Å²) in [6, 6.07) is 11.7. The van der Waals surface area contributed by atoms with Crippen LogP contribution >= 0.6 is 0 Å². The zero-order valence-corrected chi connectivity index (χ0v) is 20.5. The van der Waals surface area contributed by atoms with Crippen molar-refractivity contribution in [3.05, 3.63) is 54.6 Å². The molecule has 3 rings (SSSR count). The van der Waals surface area contributed by atoms with Gasteiger partial charge in [0.25, 0.3) is 10.1 Å². The molecule has 0 unspecified atom stereocenters. The Bertz CT molecular complexity index is 1230. The average molecular weight is 439 g/mol. The minimum atomic E-state index is -4.60. The van der Waals surface area contributed by atoms with Gasteiger partial charge in [0, 0.05) is 11.4 Å². The topological polar surface area (TPSA) is 147 Å². The molecule has 0 fully saturated rings. The Balaban J connectivity index is 0.00000196. The van der Waals surface area contributed by atoms with Crippen molar-refractivity contribution in [1.82, 2.24) is 0 Å². The molecule has 136 valence electrons. The third kappa shape index (κ3) is 5.92. The Labute approximate surface area is 206 Å². The molecule has 12 heteroatoms. The van der Waals surface area contributed by atoms with Gasteiger partial charge in [0.05, 0.1) is 9.79 Å². The molecular weight excluding hydrogens is 428 g/mol. The summed E-state index contributed by atoms with van der Waals surface area (Å²) < 4.78 is 64.6. The van der Waals surface area contributed by atoms with E-state index >= 15 is 0 Å². The molecule has 0 atom stereocenters. The van der Waals surface area contributed by atoms with Gasteiger partial charge in [0.2, 0.25) is 0 Å². The Hall–Kier alpha value is -0.660. The average Bonchev–Trinajstić information content (AvgIpc) is 2.54. The van der Waals surface area contributed by atoms with Gasteiger partial charge in [-0.1, -0.05) is 17.9 Å². The van der Waals surface area contributed by atoms with Gasteiger partial charge in [0.1, 0.15) is 10.1 Å². The van der Waals surface area contributed by atoms with Crippen LogP contribution in [-0.4, -0.2) is 25.9 Å². The quantitative estimate of drug-likeness (QED) is 0.307. The molecule has 0 radical (unpaired) electrons. The van der Waals surface area contributed by atoms with E-state index in [1.165, 1.54) is 36.4 Å². The van der Waals surface area contributed by atoms with Crippen molar-refractivity contribution in [1.29, 1.82) is 0 Å². The molecule has 8 nitrogen and oxygen atoms in total. The minimum absolute atomic E-state index is 0. The largest absolute Gasteiger partial charge is 1.00 e. The molecule has 0 aromatic heterocycles. The van der Waals surface area contributed by atoms with E-state index in [-0.39, 0.29) is 64.5 Å². The fourth-order valence-electron chi connectivity index (χ4n) is 2.42. The van der Waals surface area contributed by atoms with Crippen molar-refractivity contribution in [2.75, 3.05) is 5.32 Å². The Morgan fingerprint density at radius 1 is 0.821 bits per heavy atom. The van der Waals surface area contributed by atoms with Crippen molar-refractivity contribution < 1.29 is 90.2 Å². The van der Waals surface area contributed by atoms with Crippen molar-refractivity contribution in [2.24, 2.45) is 0 Å². The van der Waals surface area contributed by atoms with E-state index in [9.17, 15) is 26.5 Å². The molecular formula is C16H11NNa2O7S2. The predicted molar refractivity (Wildman–Crippen MR) is 90.9 cm³/mol. The van der Waals surface area contributed by atoms with Crippen LogP contribution in [0.5, 0.6) is 5.75 Å². The van der Waals surface area contributed by atoms with Crippen LogP contribution in [0.1, 0.15) is 0 Å². The molecule has 0 amide bonds. The van der Waals surface area contributed by atoms with Gasteiger partial charge in [-0.2, -0.15) is 8.42 Å². The number of nitrogens with one attached hydrogen (secondary N) is 1. The van der Waals surface area contributed by atoms with E-state index in [0.29, 0.717) is 16.8 Å². The maximum Gasteiger partial charge on any atom is 1.00 e. The van der Waals surface area contributed by atoms with Crippen LogP contribution in [-0.2, 0) is 20.2 Å². The first kappa shape index (κ1) is 25.4. The second-order valence-electron chi connectivity index (χ2n) is 5.44. The van der Waals surface area contributed by atoms with Crippen molar-refractivity contribution in [2.45, 2.75) is 9.79 Å². The number of hydrogen-bond donors (Lipinski definition) is 2. The number of benzene rings is 3.